The zero-order valence-electron chi connectivity index (χ0n) is 29.8. The van der Waals surface area contributed by atoms with Crippen molar-refractivity contribution in [2.24, 2.45) is 0 Å². The Morgan fingerprint density at radius 1 is 0.357 bits per heavy atom. The second kappa shape index (κ2) is 13.0. The van der Waals surface area contributed by atoms with Gasteiger partial charge in [-0.1, -0.05) is 72.8 Å². The molecular weight excluding hydrogens is 685 g/mol. The van der Waals surface area contributed by atoms with Gasteiger partial charge in [0.1, 0.15) is 0 Å². The monoisotopic (exact) mass is 712 g/mol. The number of benzene rings is 7. The van der Waals surface area contributed by atoms with Crippen molar-refractivity contribution in [1.29, 1.82) is 15.8 Å². The number of hydrogen-bond acceptors (Lipinski definition) is 4. The zero-order chi connectivity index (χ0) is 37.8. The van der Waals surface area contributed by atoms with Crippen molar-refractivity contribution in [3.63, 3.8) is 0 Å². The van der Waals surface area contributed by atoms with Gasteiger partial charge in [-0.25, -0.2) is 0 Å². The van der Waals surface area contributed by atoms with E-state index in [9.17, 15) is 15.8 Å². The van der Waals surface area contributed by atoms with Crippen LogP contribution in [0.1, 0.15) is 16.7 Å². The van der Waals surface area contributed by atoms with E-state index in [-0.39, 0.29) is 0 Å². The summed E-state index contributed by atoms with van der Waals surface area (Å²) >= 11 is 0. The Hall–Kier alpha value is -8.24. The summed E-state index contributed by atoms with van der Waals surface area (Å²) in [6.07, 6.45) is 3.62. The first-order valence-corrected chi connectivity index (χ1v) is 18.2. The summed E-state index contributed by atoms with van der Waals surface area (Å²) < 4.78 is 4.54. The average Bonchev–Trinajstić information content (AvgIpc) is 3.78. The lowest BCUT2D eigenvalue weighted by molar-refractivity contribution is 1.13. The van der Waals surface area contributed by atoms with E-state index in [0.29, 0.717) is 16.7 Å². The number of rotatable bonds is 5. The number of para-hydroxylation sites is 2. The molecule has 10 rings (SSSR count). The van der Waals surface area contributed by atoms with E-state index in [4.69, 9.17) is 0 Å². The molecule has 0 amide bonds. The van der Waals surface area contributed by atoms with Crippen LogP contribution in [0.15, 0.2) is 170 Å². The number of fused-ring (bicyclic) bond motifs is 6. The quantitative estimate of drug-likeness (QED) is 0.177. The minimum Gasteiger partial charge on any atom is -0.308 e. The molecule has 10 aromatic rings. The maximum absolute atomic E-state index is 10.7. The topological polar surface area (TPSA) is 94.1 Å². The van der Waals surface area contributed by atoms with E-state index in [1.807, 2.05) is 97.3 Å². The smallest absolute Gasteiger partial charge is 0.0993 e. The Bertz CT molecular complexity index is 3150. The summed E-state index contributed by atoms with van der Waals surface area (Å²) in [7, 11) is 0. The molecule has 0 spiro atoms. The Morgan fingerprint density at radius 2 is 0.804 bits per heavy atom. The third-order valence-electron chi connectivity index (χ3n) is 10.7. The van der Waals surface area contributed by atoms with Crippen LogP contribution in [0.3, 0.4) is 0 Å². The predicted molar refractivity (Wildman–Crippen MR) is 223 cm³/mol. The van der Waals surface area contributed by atoms with Crippen LogP contribution in [0.25, 0.3) is 88.4 Å². The van der Waals surface area contributed by atoms with Crippen LogP contribution < -0.4 is 0 Å². The van der Waals surface area contributed by atoms with Crippen LogP contribution in [0.5, 0.6) is 0 Å². The van der Waals surface area contributed by atoms with E-state index in [0.717, 1.165) is 88.4 Å². The molecule has 3 heterocycles. The Labute approximate surface area is 322 Å². The van der Waals surface area contributed by atoms with Crippen molar-refractivity contribution < 1.29 is 0 Å². The molecule has 0 saturated carbocycles. The fourth-order valence-electron chi connectivity index (χ4n) is 8.20. The van der Waals surface area contributed by atoms with Crippen molar-refractivity contribution in [2.75, 3.05) is 0 Å². The molecular formula is C50H28N6. The van der Waals surface area contributed by atoms with Gasteiger partial charge in [-0.3, -0.25) is 4.98 Å². The molecule has 0 atom stereocenters. The lowest BCUT2D eigenvalue weighted by Gasteiger charge is -2.21. The van der Waals surface area contributed by atoms with Crippen molar-refractivity contribution >= 4 is 43.6 Å². The third kappa shape index (κ3) is 5.12. The van der Waals surface area contributed by atoms with Crippen LogP contribution in [0.4, 0.5) is 0 Å². The number of hydrogen-bond donors (Lipinski definition) is 0. The summed E-state index contributed by atoms with van der Waals surface area (Å²) in [6.45, 7) is 0. The maximum atomic E-state index is 10.7. The summed E-state index contributed by atoms with van der Waals surface area (Å²) in [4.78, 5) is 4.38. The van der Waals surface area contributed by atoms with Crippen molar-refractivity contribution in [3.05, 3.63) is 187 Å². The maximum Gasteiger partial charge on any atom is 0.0993 e. The van der Waals surface area contributed by atoms with Crippen molar-refractivity contribution in [3.8, 4) is 63.0 Å². The molecule has 258 valence electrons. The summed E-state index contributed by atoms with van der Waals surface area (Å²) in [5.74, 6) is 0. The highest BCUT2D eigenvalue weighted by molar-refractivity contribution is 6.13. The molecule has 6 nitrogen and oxygen atoms in total. The molecule has 3 aromatic heterocycles. The van der Waals surface area contributed by atoms with Crippen LogP contribution >= 0.6 is 0 Å². The average molecular weight is 713 g/mol. The van der Waals surface area contributed by atoms with Gasteiger partial charge in [0.2, 0.25) is 0 Å². The number of aromatic nitrogens is 3. The van der Waals surface area contributed by atoms with Crippen LogP contribution in [-0.2, 0) is 0 Å². The molecule has 0 fully saturated rings. The molecule has 0 N–H and O–H groups in total. The molecule has 0 aliphatic heterocycles. The fourth-order valence-corrected chi connectivity index (χ4v) is 8.20. The highest BCUT2D eigenvalue weighted by atomic mass is 15.0. The van der Waals surface area contributed by atoms with E-state index in [2.05, 4.69) is 105 Å². The first kappa shape index (κ1) is 32.4. The van der Waals surface area contributed by atoms with E-state index < -0.39 is 0 Å². The molecule has 0 bridgehead atoms. The van der Waals surface area contributed by atoms with Gasteiger partial charge in [0.15, 0.2) is 0 Å². The molecule has 0 aliphatic carbocycles. The first-order valence-electron chi connectivity index (χ1n) is 18.2. The number of nitriles is 3. The summed E-state index contributed by atoms with van der Waals surface area (Å²) in [6, 6.07) is 60.1. The minimum atomic E-state index is 0.527. The van der Waals surface area contributed by atoms with E-state index in [1.165, 1.54) is 0 Å². The van der Waals surface area contributed by atoms with Gasteiger partial charge in [-0.2, -0.15) is 15.8 Å². The third-order valence-corrected chi connectivity index (χ3v) is 10.7. The highest BCUT2D eigenvalue weighted by Gasteiger charge is 2.23. The lowest BCUT2D eigenvalue weighted by atomic mass is 9.98. The molecule has 0 unspecified atom stereocenters. The second-order valence-electron chi connectivity index (χ2n) is 13.8. The van der Waals surface area contributed by atoms with Gasteiger partial charge in [0.05, 0.1) is 68.3 Å². The largest absolute Gasteiger partial charge is 0.308 e. The number of pyridine rings is 1. The predicted octanol–water partition coefficient (Wildman–Crippen LogP) is 11.9. The van der Waals surface area contributed by atoms with Crippen molar-refractivity contribution in [1.82, 2.24) is 14.1 Å². The number of nitrogens with zero attached hydrogens (tertiary/aromatic N) is 6. The second-order valence-corrected chi connectivity index (χ2v) is 13.8. The van der Waals surface area contributed by atoms with Gasteiger partial charge in [-0.05, 0) is 113 Å². The van der Waals surface area contributed by atoms with E-state index in [1.54, 1.807) is 0 Å². The highest BCUT2D eigenvalue weighted by Crippen LogP contribution is 2.43. The molecule has 0 aliphatic rings. The Morgan fingerprint density at radius 3 is 1.29 bits per heavy atom. The lowest BCUT2D eigenvalue weighted by Crippen LogP contribution is -2.05. The SMILES string of the molecule is N#Cc1cccc(-c2ccc3c(c2)c2ccccc2n3-c2cc(C#N)cc(-n3c4ccccc4c4cc(-c5cccc(C#N)c5)ccc43)c2-c2ccncc2)c1. The Balaban J connectivity index is 1.29. The fraction of sp³-hybridized carbons (Fsp3) is 0. The van der Waals surface area contributed by atoms with Gasteiger partial charge in [-0.15, -0.1) is 0 Å². The molecule has 0 saturated heterocycles. The summed E-state index contributed by atoms with van der Waals surface area (Å²) in [5.41, 5.74) is 13.4. The standard InChI is InChI=1S/C50H28N6/c51-29-32-7-5-9-36(23-32)38-15-17-46-42(27-38)40-11-1-3-13-44(40)55(46)48-25-34(31-53)26-49(50(48)35-19-21-54-22-20-35)56-45-14-4-2-12-41(45)43-28-39(16-18-47(43)56)37-10-6-8-33(24-37)30-52/h1-28H. The molecule has 7 aromatic carbocycles. The van der Waals surface area contributed by atoms with Gasteiger partial charge < -0.3 is 9.13 Å². The van der Waals surface area contributed by atoms with Crippen molar-refractivity contribution in [2.45, 2.75) is 0 Å². The van der Waals surface area contributed by atoms with Crippen LogP contribution in [0, 0.1) is 34.0 Å². The zero-order valence-corrected chi connectivity index (χ0v) is 29.8. The van der Waals surface area contributed by atoms with Crippen LogP contribution in [-0.4, -0.2) is 14.1 Å². The normalized spacial score (nSPS) is 11.2. The van der Waals surface area contributed by atoms with E-state index >= 15 is 0 Å². The van der Waals surface area contributed by atoms with Gasteiger partial charge in [0.25, 0.3) is 0 Å². The first-order chi connectivity index (χ1) is 27.6. The van der Waals surface area contributed by atoms with Gasteiger partial charge in [0, 0.05) is 39.5 Å². The molecule has 56 heavy (non-hydrogen) atoms. The van der Waals surface area contributed by atoms with Gasteiger partial charge >= 0.3 is 0 Å². The molecule has 6 heteroatoms. The van der Waals surface area contributed by atoms with Crippen LogP contribution in [0.2, 0.25) is 0 Å². The summed E-state index contributed by atoms with van der Waals surface area (Å²) in [5, 5.41) is 34.2. The molecule has 0 radical (unpaired) electrons. The minimum absolute atomic E-state index is 0.527. The Kier molecular flexibility index (Phi) is 7.53.